The predicted octanol–water partition coefficient (Wildman–Crippen LogP) is 2.62. The van der Waals surface area contributed by atoms with Crippen molar-refractivity contribution in [2.45, 2.75) is 38.0 Å². The fourth-order valence-corrected chi connectivity index (χ4v) is 5.57. The number of hydrogen-bond acceptors (Lipinski definition) is 5. The molecule has 0 bridgehead atoms. The third-order valence-corrected chi connectivity index (χ3v) is 8.23. The minimum Gasteiger partial charge on any atom is -0.342 e. The fraction of sp³-hybridized carbons (Fsp3) is 0.455. The quantitative estimate of drug-likeness (QED) is 0.739. The maximum atomic E-state index is 13.0. The molecule has 3 rings (SSSR count). The largest absolute Gasteiger partial charge is 0.342 e. The van der Waals surface area contributed by atoms with Crippen molar-refractivity contribution in [2.75, 3.05) is 32.7 Å². The zero-order chi connectivity index (χ0) is 22.8. The highest BCUT2D eigenvalue weighted by Crippen LogP contribution is 2.25. The predicted molar refractivity (Wildman–Crippen MR) is 122 cm³/mol. The second-order valence-corrected chi connectivity index (χ2v) is 11.9. The smallest absolute Gasteiger partial charge is 0.261 e. The molecule has 0 saturated carbocycles. The number of nitrogens with one attached hydrogen (secondary N) is 1. The molecule has 2 heterocycles. The molecule has 0 radical (unpaired) electrons. The molecule has 1 saturated heterocycles. The van der Waals surface area contributed by atoms with Gasteiger partial charge in [0.1, 0.15) is 0 Å². The van der Waals surface area contributed by atoms with Crippen LogP contribution in [-0.4, -0.2) is 62.2 Å². The summed E-state index contributed by atoms with van der Waals surface area (Å²) in [5.74, 6) is -0.487. The number of amides is 2. The number of piperazine rings is 1. The van der Waals surface area contributed by atoms with Crippen molar-refractivity contribution >= 4 is 33.2 Å². The van der Waals surface area contributed by atoms with E-state index in [1.165, 1.54) is 15.6 Å². The Morgan fingerprint density at radius 1 is 1.00 bits per heavy atom. The molecule has 0 unspecified atom stereocenters. The highest BCUT2D eigenvalue weighted by molar-refractivity contribution is 7.89. The number of thiophene rings is 1. The molecule has 1 N–H and O–H groups in total. The van der Waals surface area contributed by atoms with Gasteiger partial charge in [-0.1, -0.05) is 32.9 Å². The van der Waals surface area contributed by atoms with E-state index in [1.807, 2.05) is 25.1 Å². The number of rotatable bonds is 5. The first kappa shape index (κ1) is 23.4. The lowest BCUT2D eigenvalue weighted by Gasteiger charge is -2.34. The van der Waals surface area contributed by atoms with Crippen LogP contribution in [0.3, 0.4) is 0 Å². The number of sulfonamides is 1. The molecule has 7 nitrogen and oxygen atoms in total. The Morgan fingerprint density at radius 2 is 1.61 bits per heavy atom. The van der Waals surface area contributed by atoms with Crippen LogP contribution in [0.5, 0.6) is 0 Å². The second-order valence-electron chi connectivity index (χ2n) is 8.65. The van der Waals surface area contributed by atoms with Gasteiger partial charge in [-0.15, -0.1) is 11.3 Å². The van der Waals surface area contributed by atoms with E-state index in [4.69, 9.17) is 0 Å². The van der Waals surface area contributed by atoms with Gasteiger partial charge in [0.05, 0.1) is 16.3 Å². The summed E-state index contributed by atoms with van der Waals surface area (Å²) in [6.07, 6.45) is 0. The van der Waals surface area contributed by atoms with Crippen molar-refractivity contribution in [1.82, 2.24) is 14.5 Å². The number of carbonyl (C=O) groups excluding carboxylic acids is 2. The summed E-state index contributed by atoms with van der Waals surface area (Å²) in [5.41, 5.74) is 1.02. The number of benzene rings is 1. The summed E-state index contributed by atoms with van der Waals surface area (Å²) in [4.78, 5) is 28.0. The molecule has 0 atom stereocenters. The van der Waals surface area contributed by atoms with Crippen LogP contribution in [0.25, 0.3) is 0 Å². The minimum absolute atomic E-state index is 0.0496. The van der Waals surface area contributed by atoms with Crippen LogP contribution in [0, 0.1) is 6.92 Å². The Labute approximate surface area is 188 Å². The molecule has 1 aromatic carbocycles. The number of nitrogens with zero attached hydrogens (tertiary/aromatic N) is 2. The zero-order valence-electron chi connectivity index (χ0n) is 18.3. The van der Waals surface area contributed by atoms with Crippen LogP contribution in [0.2, 0.25) is 0 Å². The van der Waals surface area contributed by atoms with E-state index in [2.05, 4.69) is 26.1 Å². The SMILES string of the molecule is Cc1ccc(C(=O)NCC(=O)N2CCN(S(=O)(=O)c3ccc(C(C)(C)C)cc3)CC2)s1. The van der Waals surface area contributed by atoms with E-state index in [1.54, 1.807) is 23.1 Å². The van der Waals surface area contributed by atoms with Gasteiger partial charge in [-0.2, -0.15) is 4.31 Å². The van der Waals surface area contributed by atoms with Gasteiger partial charge in [-0.3, -0.25) is 9.59 Å². The monoisotopic (exact) mass is 463 g/mol. The third-order valence-electron chi connectivity index (χ3n) is 5.31. The topological polar surface area (TPSA) is 86.8 Å². The van der Waals surface area contributed by atoms with Gasteiger partial charge in [0.25, 0.3) is 5.91 Å². The van der Waals surface area contributed by atoms with Gasteiger partial charge >= 0.3 is 0 Å². The Morgan fingerprint density at radius 3 is 2.13 bits per heavy atom. The fourth-order valence-electron chi connectivity index (χ4n) is 3.37. The van der Waals surface area contributed by atoms with E-state index in [0.29, 0.717) is 18.0 Å². The molecule has 31 heavy (non-hydrogen) atoms. The highest BCUT2D eigenvalue weighted by Gasteiger charge is 2.30. The molecule has 2 aromatic rings. The number of carbonyl (C=O) groups is 2. The summed E-state index contributed by atoms with van der Waals surface area (Å²) in [6, 6.07) is 10.6. The average Bonchev–Trinajstić information content (AvgIpc) is 3.17. The number of hydrogen-bond donors (Lipinski definition) is 1. The second kappa shape index (κ2) is 9.10. The lowest BCUT2D eigenvalue weighted by molar-refractivity contribution is -0.131. The van der Waals surface area contributed by atoms with Crippen molar-refractivity contribution in [2.24, 2.45) is 0 Å². The normalized spacial score (nSPS) is 15.7. The van der Waals surface area contributed by atoms with Crippen molar-refractivity contribution in [1.29, 1.82) is 0 Å². The van der Waals surface area contributed by atoms with Crippen LogP contribution < -0.4 is 5.32 Å². The molecule has 1 aromatic heterocycles. The third kappa shape index (κ3) is 5.53. The van der Waals surface area contributed by atoms with Crippen molar-refractivity contribution < 1.29 is 18.0 Å². The van der Waals surface area contributed by atoms with Gasteiger partial charge < -0.3 is 10.2 Å². The summed E-state index contributed by atoms with van der Waals surface area (Å²) >= 11 is 1.38. The number of aryl methyl sites for hydroxylation is 1. The lowest BCUT2D eigenvalue weighted by Crippen LogP contribution is -2.52. The Balaban J connectivity index is 1.54. The molecular formula is C22H29N3O4S2. The van der Waals surface area contributed by atoms with E-state index in [0.717, 1.165) is 10.4 Å². The first-order valence-corrected chi connectivity index (χ1v) is 12.5. The van der Waals surface area contributed by atoms with E-state index >= 15 is 0 Å². The van der Waals surface area contributed by atoms with Crippen LogP contribution >= 0.6 is 11.3 Å². The molecule has 168 valence electrons. The van der Waals surface area contributed by atoms with E-state index < -0.39 is 10.0 Å². The van der Waals surface area contributed by atoms with Gasteiger partial charge in [0.2, 0.25) is 15.9 Å². The molecular weight excluding hydrogens is 434 g/mol. The first-order valence-electron chi connectivity index (χ1n) is 10.2. The van der Waals surface area contributed by atoms with Gasteiger partial charge in [-0.05, 0) is 42.2 Å². The molecule has 0 aliphatic carbocycles. The maximum Gasteiger partial charge on any atom is 0.261 e. The molecule has 2 amide bonds. The minimum atomic E-state index is -3.61. The molecule has 0 spiro atoms. The summed E-state index contributed by atoms with van der Waals surface area (Å²) < 4.78 is 27.3. The highest BCUT2D eigenvalue weighted by atomic mass is 32.2. The van der Waals surface area contributed by atoms with Crippen molar-refractivity contribution in [3.8, 4) is 0 Å². The van der Waals surface area contributed by atoms with Crippen LogP contribution in [0.1, 0.15) is 40.9 Å². The van der Waals surface area contributed by atoms with Crippen LogP contribution in [0.15, 0.2) is 41.3 Å². The molecule has 1 fully saturated rings. The van der Waals surface area contributed by atoms with Gasteiger partial charge in [-0.25, -0.2) is 8.42 Å². The van der Waals surface area contributed by atoms with Crippen LogP contribution in [-0.2, 0) is 20.2 Å². The summed E-state index contributed by atoms with van der Waals surface area (Å²) in [5, 5.41) is 2.64. The summed E-state index contributed by atoms with van der Waals surface area (Å²) in [6.45, 7) is 9.11. The van der Waals surface area contributed by atoms with Crippen LogP contribution in [0.4, 0.5) is 0 Å². The van der Waals surface area contributed by atoms with Crippen molar-refractivity contribution in [3.63, 3.8) is 0 Å². The Kier molecular flexibility index (Phi) is 6.88. The zero-order valence-corrected chi connectivity index (χ0v) is 20.0. The Hall–Kier alpha value is -2.23. The van der Waals surface area contributed by atoms with Gasteiger partial charge in [0.15, 0.2) is 0 Å². The van der Waals surface area contributed by atoms with E-state index in [-0.39, 0.29) is 41.8 Å². The molecule has 1 aliphatic rings. The lowest BCUT2D eigenvalue weighted by atomic mass is 9.87. The molecule has 1 aliphatic heterocycles. The maximum absolute atomic E-state index is 13.0. The summed E-state index contributed by atoms with van der Waals surface area (Å²) in [7, 11) is -3.61. The van der Waals surface area contributed by atoms with E-state index in [9.17, 15) is 18.0 Å². The standard InChI is InChI=1S/C22H29N3O4S2/c1-16-5-10-19(30-16)21(27)23-15-20(26)24-11-13-25(14-12-24)31(28,29)18-8-6-17(7-9-18)22(2,3)4/h5-10H,11-15H2,1-4H3,(H,23,27). The molecule has 9 heteroatoms. The average molecular weight is 464 g/mol. The van der Waals surface area contributed by atoms with Gasteiger partial charge in [0, 0.05) is 31.1 Å². The van der Waals surface area contributed by atoms with Crippen molar-refractivity contribution in [3.05, 3.63) is 51.7 Å². The Bertz CT molecular complexity index is 1050. The first-order chi connectivity index (χ1) is 14.5.